The second kappa shape index (κ2) is 5.77. The highest BCUT2D eigenvalue weighted by Crippen LogP contribution is 2.33. The maximum Gasteiger partial charge on any atom is 0.303 e. The van der Waals surface area contributed by atoms with E-state index >= 15 is 0 Å². The summed E-state index contributed by atoms with van der Waals surface area (Å²) in [7, 11) is 1.63. The fraction of sp³-hybridized carbons (Fsp3) is 0.333. The molecule has 0 aliphatic carbocycles. The number of carbonyl (C=O) groups is 1. The van der Waals surface area contributed by atoms with E-state index in [2.05, 4.69) is 16.3 Å². The summed E-state index contributed by atoms with van der Waals surface area (Å²) in [4.78, 5) is 10.6. The molecular weight excluding hydrogens is 256 g/mol. The molecule has 0 saturated heterocycles. The van der Waals surface area contributed by atoms with Crippen LogP contribution >= 0.6 is 0 Å². The number of rotatable bonds is 5. The molecule has 0 aliphatic rings. The third-order valence-corrected chi connectivity index (χ3v) is 3.16. The summed E-state index contributed by atoms with van der Waals surface area (Å²) in [6.45, 7) is 4.03. The molecule has 1 aromatic heterocycles. The van der Waals surface area contributed by atoms with Gasteiger partial charge in [-0.2, -0.15) is 5.10 Å². The van der Waals surface area contributed by atoms with Crippen molar-refractivity contribution in [2.45, 2.75) is 26.7 Å². The molecule has 106 valence electrons. The van der Waals surface area contributed by atoms with Gasteiger partial charge < -0.3 is 9.84 Å². The van der Waals surface area contributed by atoms with Crippen molar-refractivity contribution in [2.75, 3.05) is 7.11 Å². The third kappa shape index (κ3) is 2.99. The second-order valence-corrected chi connectivity index (χ2v) is 4.83. The van der Waals surface area contributed by atoms with E-state index in [0.717, 1.165) is 33.8 Å². The molecule has 0 saturated carbocycles. The number of carboxylic acids is 1. The van der Waals surface area contributed by atoms with Gasteiger partial charge in [0.25, 0.3) is 0 Å². The van der Waals surface area contributed by atoms with Crippen molar-refractivity contribution < 1.29 is 14.6 Å². The van der Waals surface area contributed by atoms with Crippen LogP contribution in [0.15, 0.2) is 18.2 Å². The normalized spacial score (nSPS) is 10.6. The van der Waals surface area contributed by atoms with Crippen LogP contribution in [0.2, 0.25) is 0 Å². The van der Waals surface area contributed by atoms with Crippen molar-refractivity contribution in [3.05, 3.63) is 35.0 Å². The Hall–Kier alpha value is -2.30. The Bertz CT molecular complexity index is 632. The molecule has 0 bridgehead atoms. The summed E-state index contributed by atoms with van der Waals surface area (Å²) in [5, 5.41) is 15.9. The number of aryl methyl sites for hydroxylation is 3. The van der Waals surface area contributed by atoms with Crippen LogP contribution in [0.25, 0.3) is 11.3 Å². The van der Waals surface area contributed by atoms with E-state index in [4.69, 9.17) is 9.84 Å². The molecule has 0 spiro atoms. The Kier molecular flexibility index (Phi) is 4.08. The zero-order chi connectivity index (χ0) is 14.7. The molecule has 0 aliphatic heterocycles. The number of carboxylic acid groups (broad SMARTS) is 1. The number of nitrogens with zero attached hydrogens (tertiary/aromatic N) is 1. The number of aromatic amines is 1. The van der Waals surface area contributed by atoms with Crippen LogP contribution in [0.4, 0.5) is 0 Å². The maximum atomic E-state index is 10.6. The third-order valence-electron chi connectivity index (χ3n) is 3.16. The molecule has 5 nitrogen and oxygen atoms in total. The van der Waals surface area contributed by atoms with Gasteiger partial charge in [-0.05, 0) is 43.5 Å². The molecule has 0 radical (unpaired) electrons. The standard InChI is InChI=1S/C15H18N2O3/c1-9-6-10(2)15(13(7-9)20-3)12-8-11(16-17-12)4-5-14(18)19/h6-8H,4-5H2,1-3H3,(H,16,17)(H,18,19). The first-order valence-corrected chi connectivity index (χ1v) is 6.43. The van der Waals surface area contributed by atoms with Crippen LogP contribution in [0.3, 0.4) is 0 Å². The van der Waals surface area contributed by atoms with Gasteiger partial charge in [-0.3, -0.25) is 9.89 Å². The molecule has 5 heteroatoms. The number of methoxy groups -OCH3 is 1. The smallest absolute Gasteiger partial charge is 0.303 e. The predicted octanol–water partition coefficient (Wildman–Crippen LogP) is 2.72. The van der Waals surface area contributed by atoms with Gasteiger partial charge >= 0.3 is 5.97 Å². The molecule has 0 unspecified atom stereocenters. The highest BCUT2D eigenvalue weighted by molar-refractivity contribution is 5.72. The lowest BCUT2D eigenvalue weighted by Gasteiger charge is -2.10. The van der Waals surface area contributed by atoms with Gasteiger partial charge in [-0.15, -0.1) is 0 Å². The van der Waals surface area contributed by atoms with Gasteiger partial charge in [0, 0.05) is 11.3 Å². The molecule has 2 N–H and O–H groups in total. The van der Waals surface area contributed by atoms with Crippen molar-refractivity contribution >= 4 is 5.97 Å². The minimum Gasteiger partial charge on any atom is -0.496 e. The first-order valence-electron chi connectivity index (χ1n) is 6.43. The molecule has 0 fully saturated rings. The molecule has 2 aromatic rings. The van der Waals surface area contributed by atoms with E-state index in [1.165, 1.54) is 0 Å². The largest absolute Gasteiger partial charge is 0.496 e. The van der Waals surface area contributed by atoms with Crippen molar-refractivity contribution in [1.29, 1.82) is 0 Å². The second-order valence-electron chi connectivity index (χ2n) is 4.83. The van der Waals surface area contributed by atoms with Gasteiger partial charge in [0.05, 0.1) is 19.2 Å². The molecule has 20 heavy (non-hydrogen) atoms. The number of aliphatic carboxylic acids is 1. The summed E-state index contributed by atoms with van der Waals surface area (Å²) in [6.07, 6.45) is 0.529. The lowest BCUT2D eigenvalue weighted by molar-refractivity contribution is -0.136. The van der Waals surface area contributed by atoms with Gasteiger partial charge in [0.1, 0.15) is 5.75 Å². The van der Waals surface area contributed by atoms with Crippen LogP contribution < -0.4 is 4.74 Å². The average molecular weight is 274 g/mol. The number of aromatic nitrogens is 2. The average Bonchev–Trinajstić information content (AvgIpc) is 2.83. The van der Waals surface area contributed by atoms with E-state index in [1.807, 2.05) is 26.0 Å². The summed E-state index contributed by atoms with van der Waals surface area (Å²) >= 11 is 0. The van der Waals surface area contributed by atoms with E-state index < -0.39 is 5.97 Å². The highest BCUT2D eigenvalue weighted by atomic mass is 16.5. The quantitative estimate of drug-likeness (QED) is 0.879. The summed E-state index contributed by atoms with van der Waals surface area (Å²) in [6, 6.07) is 5.92. The summed E-state index contributed by atoms with van der Waals surface area (Å²) in [5.74, 6) is -0.0379. The number of hydrogen-bond acceptors (Lipinski definition) is 3. The first kappa shape index (κ1) is 14.1. The molecule has 0 atom stereocenters. The van der Waals surface area contributed by atoms with Gasteiger partial charge in [-0.25, -0.2) is 0 Å². The van der Waals surface area contributed by atoms with E-state index in [0.29, 0.717) is 6.42 Å². The van der Waals surface area contributed by atoms with Gasteiger partial charge in [0.2, 0.25) is 0 Å². The Morgan fingerprint density at radius 2 is 2.10 bits per heavy atom. The monoisotopic (exact) mass is 274 g/mol. The van der Waals surface area contributed by atoms with Crippen LogP contribution in [0.5, 0.6) is 5.75 Å². The first-order chi connectivity index (χ1) is 9.51. The Morgan fingerprint density at radius 1 is 1.35 bits per heavy atom. The number of ether oxygens (including phenoxy) is 1. The van der Waals surface area contributed by atoms with Crippen molar-refractivity contribution in [2.24, 2.45) is 0 Å². The number of benzene rings is 1. The molecular formula is C15H18N2O3. The number of H-pyrrole nitrogens is 1. The topological polar surface area (TPSA) is 75.2 Å². The van der Waals surface area contributed by atoms with Crippen LogP contribution in [-0.4, -0.2) is 28.4 Å². The van der Waals surface area contributed by atoms with Crippen molar-refractivity contribution in [3.8, 4) is 17.0 Å². The predicted molar refractivity (Wildman–Crippen MR) is 76.0 cm³/mol. The zero-order valence-corrected chi connectivity index (χ0v) is 11.9. The minimum absolute atomic E-state index is 0.0889. The van der Waals surface area contributed by atoms with Crippen LogP contribution in [0.1, 0.15) is 23.2 Å². The minimum atomic E-state index is -0.815. The number of hydrogen-bond donors (Lipinski definition) is 2. The lowest BCUT2D eigenvalue weighted by atomic mass is 10.0. The van der Waals surface area contributed by atoms with Crippen molar-refractivity contribution in [1.82, 2.24) is 10.2 Å². The molecule has 1 heterocycles. The van der Waals surface area contributed by atoms with E-state index in [-0.39, 0.29) is 6.42 Å². The summed E-state index contributed by atoms with van der Waals surface area (Å²) in [5.41, 5.74) is 4.74. The zero-order valence-electron chi connectivity index (χ0n) is 11.9. The van der Waals surface area contributed by atoms with E-state index in [1.54, 1.807) is 7.11 Å². The molecule has 2 rings (SSSR count). The Balaban J connectivity index is 2.34. The van der Waals surface area contributed by atoms with Crippen LogP contribution in [-0.2, 0) is 11.2 Å². The van der Waals surface area contributed by atoms with Crippen LogP contribution in [0, 0.1) is 13.8 Å². The maximum absolute atomic E-state index is 10.6. The summed E-state index contributed by atoms with van der Waals surface area (Å²) < 4.78 is 5.42. The molecule has 0 amide bonds. The fourth-order valence-corrected chi connectivity index (χ4v) is 2.28. The fourth-order valence-electron chi connectivity index (χ4n) is 2.28. The Labute approximate surface area is 117 Å². The lowest BCUT2D eigenvalue weighted by Crippen LogP contribution is -1.97. The Morgan fingerprint density at radius 3 is 2.75 bits per heavy atom. The van der Waals surface area contributed by atoms with E-state index in [9.17, 15) is 4.79 Å². The van der Waals surface area contributed by atoms with Gasteiger partial charge in [-0.1, -0.05) is 6.07 Å². The molecule has 1 aromatic carbocycles. The van der Waals surface area contributed by atoms with Crippen molar-refractivity contribution in [3.63, 3.8) is 0 Å². The number of nitrogens with one attached hydrogen (secondary N) is 1. The highest BCUT2D eigenvalue weighted by Gasteiger charge is 2.13. The SMILES string of the molecule is COc1cc(C)cc(C)c1-c1cc(CCC(=O)O)[nH]n1. The van der Waals surface area contributed by atoms with Gasteiger partial charge in [0.15, 0.2) is 0 Å².